The summed E-state index contributed by atoms with van der Waals surface area (Å²) in [6, 6.07) is 0. The molecule has 0 aromatic rings. The SMILES string of the molecule is CCCCCCCCCCCCCCCCCCOC[C@H](COP(=O)([O-])OCC[N+](C)(C)C)OC(=O)CCCCCCCCCCCCC. The van der Waals surface area contributed by atoms with Crippen LogP contribution in [0.15, 0.2) is 0 Å². The largest absolute Gasteiger partial charge is 0.756 e. The van der Waals surface area contributed by atoms with Crippen LogP contribution >= 0.6 is 7.82 Å². The average Bonchev–Trinajstić information content (AvgIpc) is 3.04. The quantitative estimate of drug-likeness (QED) is 0.0270. The van der Waals surface area contributed by atoms with E-state index in [-0.39, 0.29) is 25.8 Å². The van der Waals surface area contributed by atoms with Gasteiger partial charge in [0.1, 0.15) is 19.3 Å². The molecule has 0 aliphatic heterocycles. The Balaban J connectivity index is 4.19. The van der Waals surface area contributed by atoms with Gasteiger partial charge in [-0.1, -0.05) is 174 Å². The molecule has 2 atom stereocenters. The van der Waals surface area contributed by atoms with Crippen LogP contribution in [0.5, 0.6) is 0 Å². The third-order valence-electron chi connectivity index (χ3n) is 9.16. The Kier molecular flexibility index (Phi) is 34.2. The van der Waals surface area contributed by atoms with Crippen molar-refractivity contribution in [2.75, 3.05) is 54.1 Å². The monoisotopic (exact) mass is 720 g/mol. The summed E-state index contributed by atoms with van der Waals surface area (Å²) in [5.74, 6) is -0.331. The van der Waals surface area contributed by atoms with Gasteiger partial charge in [0.25, 0.3) is 7.82 Å². The molecule has 0 heterocycles. The maximum absolute atomic E-state index is 12.6. The molecule has 0 aromatic carbocycles. The number of carbonyl (C=O) groups is 1. The van der Waals surface area contributed by atoms with Gasteiger partial charge >= 0.3 is 5.97 Å². The minimum atomic E-state index is -4.51. The van der Waals surface area contributed by atoms with Gasteiger partial charge < -0.3 is 27.9 Å². The van der Waals surface area contributed by atoms with Crippen LogP contribution in [-0.4, -0.2) is 70.7 Å². The third kappa shape index (κ3) is 38.6. The number of ether oxygens (including phenoxy) is 2. The van der Waals surface area contributed by atoms with Crippen LogP contribution < -0.4 is 4.89 Å². The predicted octanol–water partition coefficient (Wildman–Crippen LogP) is 11.1. The molecule has 0 rings (SSSR count). The molecule has 0 amide bonds. The van der Waals surface area contributed by atoms with E-state index >= 15 is 0 Å². The maximum Gasteiger partial charge on any atom is 0.306 e. The molecule has 8 nitrogen and oxygen atoms in total. The number of esters is 1. The normalized spacial score (nSPS) is 13.8. The van der Waals surface area contributed by atoms with Crippen molar-refractivity contribution in [1.82, 2.24) is 0 Å². The van der Waals surface area contributed by atoms with Gasteiger partial charge in [-0.05, 0) is 12.8 Å². The number of quaternary nitrogens is 1. The zero-order valence-corrected chi connectivity index (χ0v) is 34.1. The Morgan fingerprint density at radius 1 is 0.551 bits per heavy atom. The molecule has 0 aliphatic rings. The molecule has 0 saturated carbocycles. The summed E-state index contributed by atoms with van der Waals surface area (Å²) in [4.78, 5) is 24.9. The fourth-order valence-electron chi connectivity index (χ4n) is 5.90. The molecular formula is C40H82NO7P. The van der Waals surface area contributed by atoms with Crippen molar-refractivity contribution >= 4 is 13.8 Å². The van der Waals surface area contributed by atoms with Gasteiger partial charge in [0.15, 0.2) is 0 Å². The number of unbranched alkanes of at least 4 members (excludes halogenated alkanes) is 25. The van der Waals surface area contributed by atoms with Crippen molar-refractivity contribution in [3.63, 3.8) is 0 Å². The zero-order chi connectivity index (χ0) is 36.3. The van der Waals surface area contributed by atoms with Crippen molar-refractivity contribution in [3.05, 3.63) is 0 Å². The number of hydrogen-bond acceptors (Lipinski definition) is 7. The summed E-state index contributed by atoms with van der Waals surface area (Å²) in [7, 11) is 1.37. The molecule has 0 bridgehead atoms. The van der Waals surface area contributed by atoms with E-state index < -0.39 is 13.9 Å². The fraction of sp³-hybridized carbons (Fsp3) is 0.975. The number of phosphoric ester groups is 1. The topological polar surface area (TPSA) is 94.1 Å². The molecule has 0 fully saturated rings. The minimum Gasteiger partial charge on any atom is -0.756 e. The van der Waals surface area contributed by atoms with E-state index in [1.165, 1.54) is 141 Å². The van der Waals surface area contributed by atoms with Crippen LogP contribution in [0.2, 0.25) is 0 Å². The lowest BCUT2D eigenvalue weighted by Crippen LogP contribution is -2.37. The second-order valence-electron chi connectivity index (χ2n) is 15.4. The van der Waals surface area contributed by atoms with E-state index in [0.717, 1.165) is 32.1 Å². The number of nitrogens with zero attached hydrogens (tertiary/aromatic N) is 1. The zero-order valence-electron chi connectivity index (χ0n) is 33.2. The lowest BCUT2D eigenvalue weighted by molar-refractivity contribution is -0.870. The van der Waals surface area contributed by atoms with Crippen LogP contribution in [0.25, 0.3) is 0 Å². The molecule has 294 valence electrons. The Morgan fingerprint density at radius 3 is 1.35 bits per heavy atom. The highest BCUT2D eigenvalue weighted by molar-refractivity contribution is 7.45. The summed E-state index contributed by atoms with van der Waals surface area (Å²) in [5.41, 5.74) is 0. The molecule has 9 heteroatoms. The molecule has 0 N–H and O–H groups in total. The van der Waals surface area contributed by atoms with Gasteiger partial charge in [0.2, 0.25) is 0 Å². The maximum atomic E-state index is 12.6. The van der Waals surface area contributed by atoms with Crippen LogP contribution in [-0.2, 0) is 27.9 Å². The lowest BCUT2D eigenvalue weighted by atomic mass is 10.0. The van der Waals surface area contributed by atoms with Gasteiger partial charge in [-0.15, -0.1) is 0 Å². The first-order chi connectivity index (χ1) is 23.6. The van der Waals surface area contributed by atoms with E-state index in [9.17, 15) is 14.3 Å². The molecule has 0 aromatic heterocycles. The van der Waals surface area contributed by atoms with Gasteiger partial charge in [0.05, 0.1) is 34.4 Å². The summed E-state index contributed by atoms with van der Waals surface area (Å²) in [6.07, 6.45) is 33.9. The molecule has 49 heavy (non-hydrogen) atoms. The first-order valence-corrected chi connectivity index (χ1v) is 22.2. The van der Waals surface area contributed by atoms with Gasteiger partial charge in [-0.2, -0.15) is 0 Å². The van der Waals surface area contributed by atoms with Crippen molar-refractivity contribution in [1.29, 1.82) is 0 Å². The first-order valence-electron chi connectivity index (χ1n) is 20.8. The van der Waals surface area contributed by atoms with E-state index in [0.29, 0.717) is 24.1 Å². The predicted molar refractivity (Wildman–Crippen MR) is 204 cm³/mol. The fourth-order valence-corrected chi connectivity index (χ4v) is 6.63. The van der Waals surface area contributed by atoms with E-state index in [1.807, 2.05) is 21.1 Å². The smallest absolute Gasteiger partial charge is 0.306 e. The van der Waals surface area contributed by atoms with E-state index in [4.69, 9.17) is 18.5 Å². The molecular weight excluding hydrogens is 637 g/mol. The molecule has 0 aliphatic carbocycles. The van der Waals surface area contributed by atoms with Gasteiger partial charge in [0, 0.05) is 13.0 Å². The standard InChI is InChI=1S/C40H82NO7P/c1-6-8-10-12-14-16-18-19-20-21-22-24-26-28-30-32-35-45-37-39(38-47-49(43,44)46-36-34-41(3,4)5)48-40(42)33-31-29-27-25-23-17-15-13-11-9-7-2/h39H,6-38H2,1-5H3/t39-/m1/s1. The second kappa shape index (κ2) is 34.6. The summed E-state index contributed by atoms with van der Waals surface area (Å²) < 4.78 is 34.5. The average molecular weight is 720 g/mol. The summed E-state index contributed by atoms with van der Waals surface area (Å²) in [5, 5.41) is 0. The minimum absolute atomic E-state index is 0.0311. The molecule has 1 unspecified atom stereocenters. The Labute approximate surface area is 304 Å². The van der Waals surface area contributed by atoms with Crippen molar-refractivity contribution < 1.29 is 37.3 Å². The highest BCUT2D eigenvalue weighted by Gasteiger charge is 2.20. The van der Waals surface area contributed by atoms with Crippen LogP contribution in [0, 0.1) is 0 Å². The Bertz CT molecular complexity index is 761. The Hall–Kier alpha value is -0.500. The number of hydrogen-bond donors (Lipinski definition) is 0. The lowest BCUT2D eigenvalue weighted by Gasteiger charge is -2.28. The molecule has 0 spiro atoms. The van der Waals surface area contributed by atoms with Crippen molar-refractivity contribution in [2.24, 2.45) is 0 Å². The van der Waals surface area contributed by atoms with E-state index in [2.05, 4.69) is 13.8 Å². The third-order valence-corrected chi connectivity index (χ3v) is 10.1. The number of likely N-dealkylation sites (N-methyl/N-ethyl adjacent to an activating group) is 1. The van der Waals surface area contributed by atoms with Gasteiger partial charge in [-0.25, -0.2) is 0 Å². The Morgan fingerprint density at radius 2 is 0.939 bits per heavy atom. The molecule has 0 saturated heterocycles. The first kappa shape index (κ1) is 48.5. The molecule has 0 radical (unpaired) electrons. The van der Waals surface area contributed by atoms with E-state index in [1.54, 1.807) is 0 Å². The van der Waals surface area contributed by atoms with Crippen LogP contribution in [0.1, 0.15) is 194 Å². The highest BCUT2D eigenvalue weighted by atomic mass is 31.2. The van der Waals surface area contributed by atoms with Crippen LogP contribution in [0.3, 0.4) is 0 Å². The number of carbonyl (C=O) groups excluding carboxylic acids is 1. The number of rotatable bonds is 39. The number of phosphoric acid groups is 1. The van der Waals surface area contributed by atoms with Gasteiger partial charge in [-0.3, -0.25) is 9.36 Å². The summed E-state index contributed by atoms with van der Waals surface area (Å²) in [6.45, 7) is 5.44. The highest BCUT2D eigenvalue weighted by Crippen LogP contribution is 2.38. The second-order valence-corrected chi connectivity index (χ2v) is 16.8. The van der Waals surface area contributed by atoms with Crippen molar-refractivity contribution in [3.8, 4) is 0 Å². The summed E-state index contributed by atoms with van der Waals surface area (Å²) >= 11 is 0. The van der Waals surface area contributed by atoms with Crippen molar-refractivity contribution in [2.45, 2.75) is 200 Å². The van der Waals surface area contributed by atoms with Crippen LogP contribution in [0.4, 0.5) is 0 Å².